The molecule has 21 heavy (non-hydrogen) atoms. The van der Waals surface area contributed by atoms with E-state index in [0.29, 0.717) is 5.69 Å². The highest BCUT2D eigenvalue weighted by Gasteiger charge is 2.09. The van der Waals surface area contributed by atoms with Crippen LogP contribution in [0.1, 0.15) is 18.1 Å². The summed E-state index contributed by atoms with van der Waals surface area (Å²) in [6, 6.07) is 12.2. The van der Waals surface area contributed by atoms with Gasteiger partial charge in [0.05, 0.1) is 12.2 Å². The highest BCUT2D eigenvalue weighted by molar-refractivity contribution is 5.95. The fourth-order valence-electron chi connectivity index (χ4n) is 2.17. The molecule has 0 bridgehead atoms. The van der Waals surface area contributed by atoms with Gasteiger partial charge in [-0.2, -0.15) is 0 Å². The molecule has 0 unspecified atom stereocenters. The third-order valence-corrected chi connectivity index (χ3v) is 3.32. The van der Waals surface area contributed by atoms with Crippen LogP contribution in [0.2, 0.25) is 0 Å². The van der Waals surface area contributed by atoms with E-state index in [4.69, 9.17) is 0 Å². The van der Waals surface area contributed by atoms with Crippen LogP contribution in [-0.4, -0.2) is 12.5 Å². The van der Waals surface area contributed by atoms with Gasteiger partial charge in [0.25, 0.3) is 0 Å². The summed E-state index contributed by atoms with van der Waals surface area (Å²) in [4.78, 5) is 12.0. The lowest BCUT2D eigenvalue weighted by atomic mass is 10.1. The molecule has 2 aromatic carbocycles. The summed E-state index contributed by atoms with van der Waals surface area (Å²) < 4.78 is 13.5. The normalized spacial score (nSPS) is 10.2. The SMILES string of the molecule is CCc1cccc(C)c1NC(=O)CNc1ccccc1F. The molecule has 0 radical (unpaired) electrons. The second kappa shape index (κ2) is 6.88. The number of carbonyl (C=O) groups is 1. The Kier molecular flexibility index (Phi) is 4.93. The maximum Gasteiger partial charge on any atom is 0.243 e. The molecule has 0 aromatic heterocycles. The fourth-order valence-corrected chi connectivity index (χ4v) is 2.17. The Morgan fingerprint density at radius 1 is 1.14 bits per heavy atom. The van der Waals surface area contributed by atoms with Crippen LogP contribution in [-0.2, 0) is 11.2 Å². The minimum Gasteiger partial charge on any atom is -0.374 e. The summed E-state index contributed by atoms with van der Waals surface area (Å²) in [6.07, 6.45) is 0.845. The number of halogens is 1. The van der Waals surface area contributed by atoms with E-state index in [1.54, 1.807) is 18.2 Å². The van der Waals surface area contributed by atoms with Crippen molar-refractivity contribution in [1.82, 2.24) is 0 Å². The van der Waals surface area contributed by atoms with Crippen LogP contribution in [0.3, 0.4) is 0 Å². The van der Waals surface area contributed by atoms with Crippen molar-refractivity contribution in [3.05, 3.63) is 59.4 Å². The second-order valence-corrected chi connectivity index (χ2v) is 4.84. The topological polar surface area (TPSA) is 41.1 Å². The zero-order valence-corrected chi connectivity index (χ0v) is 12.2. The molecule has 0 aliphatic carbocycles. The molecular formula is C17H19FN2O. The lowest BCUT2D eigenvalue weighted by Gasteiger charge is -2.13. The predicted octanol–water partition coefficient (Wildman–Crippen LogP) is 3.75. The molecule has 110 valence electrons. The number of rotatable bonds is 5. The van der Waals surface area contributed by atoms with Crippen LogP contribution < -0.4 is 10.6 Å². The predicted molar refractivity (Wildman–Crippen MR) is 84.1 cm³/mol. The van der Waals surface area contributed by atoms with Crippen LogP contribution >= 0.6 is 0 Å². The molecule has 1 amide bonds. The van der Waals surface area contributed by atoms with Gasteiger partial charge in [-0.15, -0.1) is 0 Å². The first kappa shape index (κ1) is 15.0. The molecule has 2 N–H and O–H groups in total. The first-order chi connectivity index (χ1) is 10.1. The Bertz CT molecular complexity index is 640. The van der Waals surface area contributed by atoms with Crippen molar-refractivity contribution in [3.8, 4) is 0 Å². The summed E-state index contributed by atoms with van der Waals surface area (Å²) >= 11 is 0. The zero-order chi connectivity index (χ0) is 15.2. The summed E-state index contributed by atoms with van der Waals surface area (Å²) in [6.45, 7) is 4.03. The fraction of sp³-hybridized carbons (Fsp3) is 0.235. The van der Waals surface area contributed by atoms with E-state index in [2.05, 4.69) is 10.6 Å². The van der Waals surface area contributed by atoms with E-state index in [1.807, 2.05) is 32.0 Å². The summed E-state index contributed by atoms with van der Waals surface area (Å²) in [5.74, 6) is -0.558. The maximum absolute atomic E-state index is 13.5. The second-order valence-electron chi connectivity index (χ2n) is 4.84. The van der Waals surface area contributed by atoms with Gasteiger partial charge < -0.3 is 10.6 Å². The molecule has 0 fully saturated rings. The lowest BCUT2D eigenvalue weighted by molar-refractivity contribution is -0.114. The smallest absolute Gasteiger partial charge is 0.243 e. The molecule has 2 aromatic rings. The van der Waals surface area contributed by atoms with Crippen LogP contribution in [0.4, 0.5) is 15.8 Å². The van der Waals surface area contributed by atoms with Gasteiger partial charge in [0, 0.05) is 5.69 Å². The van der Waals surface area contributed by atoms with Crippen LogP contribution in [0, 0.1) is 12.7 Å². The highest BCUT2D eigenvalue weighted by atomic mass is 19.1. The Hall–Kier alpha value is -2.36. The molecule has 0 spiro atoms. The van der Waals surface area contributed by atoms with E-state index in [-0.39, 0.29) is 18.3 Å². The number of hydrogen-bond acceptors (Lipinski definition) is 2. The zero-order valence-electron chi connectivity index (χ0n) is 12.2. The molecule has 4 heteroatoms. The number of aryl methyl sites for hydroxylation is 2. The average molecular weight is 286 g/mol. The molecule has 0 atom stereocenters. The Morgan fingerprint density at radius 3 is 2.62 bits per heavy atom. The van der Waals surface area contributed by atoms with E-state index in [0.717, 1.165) is 23.2 Å². The molecule has 0 heterocycles. The standard InChI is InChI=1S/C17H19FN2O/c1-3-13-8-6-7-12(2)17(13)20-16(21)11-19-15-10-5-4-9-14(15)18/h4-10,19H,3,11H2,1-2H3,(H,20,21). The van der Waals surface area contributed by atoms with E-state index in [1.165, 1.54) is 6.07 Å². The van der Waals surface area contributed by atoms with Crippen molar-refractivity contribution in [3.63, 3.8) is 0 Å². The number of amides is 1. The molecule has 0 saturated heterocycles. The van der Waals surface area contributed by atoms with Crippen LogP contribution in [0.5, 0.6) is 0 Å². The Labute approximate surface area is 124 Å². The van der Waals surface area contributed by atoms with Crippen LogP contribution in [0.25, 0.3) is 0 Å². The Balaban J connectivity index is 2.01. The van der Waals surface area contributed by atoms with Gasteiger partial charge in [0.1, 0.15) is 5.82 Å². The minimum absolute atomic E-state index is 0.0262. The van der Waals surface area contributed by atoms with Gasteiger partial charge in [-0.05, 0) is 36.6 Å². The first-order valence-corrected chi connectivity index (χ1v) is 6.98. The number of hydrogen-bond donors (Lipinski definition) is 2. The maximum atomic E-state index is 13.5. The number of anilines is 2. The van der Waals surface area contributed by atoms with Crippen LogP contribution in [0.15, 0.2) is 42.5 Å². The summed E-state index contributed by atoms with van der Waals surface area (Å²) in [5, 5.41) is 5.70. The van der Waals surface area contributed by atoms with E-state index < -0.39 is 0 Å². The van der Waals surface area contributed by atoms with Gasteiger partial charge in [-0.3, -0.25) is 4.79 Å². The monoisotopic (exact) mass is 286 g/mol. The van der Waals surface area contributed by atoms with Gasteiger partial charge >= 0.3 is 0 Å². The largest absolute Gasteiger partial charge is 0.374 e. The number of para-hydroxylation sites is 2. The van der Waals surface area contributed by atoms with E-state index >= 15 is 0 Å². The lowest BCUT2D eigenvalue weighted by Crippen LogP contribution is -2.23. The average Bonchev–Trinajstić information content (AvgIpc) is 2.48. The molecule has 3 nitrogen and oxygen atoms in total. The van der Waals surface area contributed by atoms with Crippen molar-refractivity contribution in [2.45, 2.75) is 20.3 Å². The number of nitrogens with one attached hydrogen (secondary N) is 2. The number of carbonyl (C=O) groups excluding carboxylic acids is 1. The first-order valence-electron chi connectivity index (χ1n) is 6.98. The third kappa shape index (κ3) is 3.81. The van der Waals surface area contributed by atoms with Crippen molar-refractivity contribution in [2.75, 3.05) is 17.2 Å². The van der Waals surface area contributed by atoms with Crippen molar-refractivity contribution >= 4 is 17.3 Å². The molecule has 0 aliphatic heterocycles. The summed E-state index contributed by atoms with van der Waals surface area (Å²) in [7, 11) is 0. The molecule has 0 aliphatic rings. The van der Waals surface area contributed by atoms with E-state index in [9.17, 15) is 9.18 Å². The van der Waals surface area contributed by atoms with Crippen molar-refractivity contribution < 1.29 is 9.18 Å². The third-order valence-electron chi connectivity index (χ3n) is 3.32. The quantitative estimate of drug-likeness (QED) is 0.879. The molecule has 0 saturated carbocycles. The van der Waals surface area contributed by atoms with Gasteiger partial charge in [0.2, 0.25) is 5.91 Å². The van der Waals surface area contributed by atoms with Gasteiger partial charge in [0.15, 0.2) is 0 Å². The minimum atomic E-state index is -0.365. The van der Waals surface area contributed by atoms with Gasteiger partial charge in [-0.1, -0.05) is 37.3 Å². The molecule has 2 rings (SSSR count). The summed E-state index contributed by atoms with van der Waals surface area (Å²) in [5.41, 5.74) is 3.29. The van der Waals surface area contributed by atoms with Crippen molar-refractivity contribution in [2.24, 2.45) is 0 Å². The molecular weight excluding hydrogens is 267 g/mol. The van der Waals surface area contributed by atoms with Crippen molar-refractivity contribution in [1.29, 1.82) is 0 Å². The highest BCUT2D eigenvalue weighted by Crippen LogP contribution is 2.21. The number of benzene rings is 2. The Morgan fingerprint density at radius 2 is 1.90 bits per heavy atom. The van der Waals surface area contributed by atoms with Gasteiger partial charge in [-0.25, -0.2) is 4.39 Å².